The quantitative estimate of drug-likeness (QED) is 0.726. The number of benzene rings is 2. The van der Waals surface area contributed by atoms with Crippen molar-refractivity contribution in [1.82, 2.24) is 10.2 Å². The minimum absolute atomic E-state index is 0.0863. The molecule has 1 fully saturated rings. The summed E-state index contributed by atoms with van der Waals surface area (Å²) in [6, 6.07) is 15.4. The molecule has 1 unspecified atom stereocenters. The lowest BCUT2D eigenvalue weighted by Crippen LogP contribution is -2.52. The number of carbonyl (C=O) groups is 2. The number of nitrogens with zero attached hydrogens (tertiary/aromatic N) is 1. The van der Waals surface area contributed by atoms with Crippen LogP contribution in [0.4, 0.5) is 4.39 Å². The largest absolute Gasteiger partial charge is 0.352 e. The molecule has 3 rings (SSSR count). The van der Waals surface area contributed by atoms with Gasteiger partial charge in [-0.3, -0.25) is 9.59 Å². The number of hydrogen-bond donors (Lipinski definition) is 1. The molecule has 154 valence electrons. The van der Waals surface area contributed by atoms with Crippen molar-refractivity contribution in [2.24, 2.45) is 0 Å². The lowest BCUT2D eigenvalue weighted by Gasteiger charge is -2.32. The van der Waals surface area contributed by atoms with E-state index in [9.17, 15) is 14.0 Å². The zero-order valence-electron chi connectivity index (χ0n) is 16.9. The molecule has 4 nitrogen and oxygen atoms in total. The van der Waals surface area contributed by atoms with E-state index in [0.717, 1.165) is 36.8 Å². The maximum Gasteiger partial charge on any atom is 0.243 e. The van der Waals surface area contributed by atoms with Crippen molar-refractivity contribution < 1.29 is 14.0 Å². The van der Waals surface area contributed by atoms with Crippen molar-refractivity contribution in [2.45, 2.75) is 64.1 Å². The Labute approximate surface area is 172 Å². The van der Waals surface area contributed by atoms with E-state index < -0.39 is 6.04 Å². The number of carbonyl (C=O) groups excluding carboxylic acids is 2. The molecule has 1 aliphatic carbocycles. The van der Waals surface area contributed by atoms with Gasteiger partial charge in [0, 0.05) is 25.4 Å². The standard InChI is InChI=1S/C24H29FN2O2/c1-2-23(28)27(17-19-12-14-20(25)15-13-19)22(16-18-8-4-3-5-9-18)24(29)26-21-10-6-7-11-21/h3-5,8-9,12-15,21-22H,2,6-7,10-11,16-17H2,1H3,(H,26,29). The second kappa shape index (κ2) is 10.2. The molecule has 5 heteroatoms. The summed E-state index contributed by atoms with van der Waals surface area (Å²) >= 11 is 0. The summed E-state index contributed by atoms with van der Waals surface area (Å²) in [6.45, 7) is 2.08. The van der Waals surface area contributed by atoms with Crippen LogP contribution in [0.15, 0.2) is 54.6 Å². The third-order valence-electron chi connectivity index (χ3n) is 5.54. The van der Waals surface area contributed by atoms with Crippen molar-refractivity contribution in [1.29, 1.82) is 0 Å². The fraction of sp³-hybridized carbons (Fsp3) is 0.417. The summed E-state index contributed by atoms with van der Waals surface area (Å²) in [5, 5.41) is 3.16. The van der Waals surface area contributed by atoms with Crippen molar-refractivity contribution in [2.75, 3.05) is 0 Å². The predicted octanol–water partition coefficient (Wildman–Crippen LogP) is 4.23. The molecule has 0 aliphatic heterocycles. The Morgan fingerprint density at radius 3 is 2.31 bits per heavy atom. The Morgan fingerprint density at radius 1 is 1.03 bits per heavy atom. The van der Waals surface area contributed by atoms with E-state index >= 15 is 0 Å². The maximum absolute atomic E-state index is 13.3. The monoisotopic (exact) mass is 396 g/mol. The number of rotatable bonds is 8. The summed E-state index contributed by atoms with van der Waals surface area (Å²) in [5.74, 6) is -0.511. The molecule has 2 aromatic carbocycles. The normalized spacial score (nSPS) is 15.1. The van der Waals surface area contributed by atoms with Crippen LogP contribution < -0.4 is 5.32 Å². The number of halogens is 1. The molecule has 0 heterocycles. The van der Waals surface area contributed by atoms with Gasteiger partial charge in [-0.15, -0.1) is 0 Å². The van der Waals surface area contributed by atoms with Gasteiger partial charge in [-0.05, 0) is 36.1 Å². The molecule has 0 bridgehead atoms. The van der Waals surface area contributed by atoms with Gasteiger partial charge >= 0.3 is 0 Å². The Kier molecular flexibility index (Phi) is 7.39. The van der Waals surface area contributed by atoms with Crippen LogP contribution in [0.1, 0.15) is 50.2 Å². The first-order chi connectivity index (χ1) is 14.1. The van der Waals surface area contributed by atoms with Gasteiger partial charge in [0.15, 0.2) is 0 Å². The van der Waals surface area contributed by atoms with Crippen LogP contribution in [0, 0.1) is 5.82 Å². The zero-order valence-corrected chi connectivity index (χ0v) is 16.9. The second-order valence-electron chi connectivity index (χ2n) is 7.70. The van der Waals surface area contributed by atoms with Gasteiger partial charge in [0.25, 0.3) is 0 Å². The van der Waals surface area contributed by atoms with Crippen LogP contribution in [-0.2, 0) is 22.6 Å². The Hall–Kier alpha value is -2.69. The molecule has 0 spiro atoms. The molecule has 1 aliphatic rings. The van der Waals surface area contributed by atoms with Crippen LogP contribution >= 0.6 is 0 Å². The highest BCUT2D eigenvalue weighted by Gasteiger charge is 2.31. The first-order valence-electron chi connectivity index (χ1n) is 10.4. The molecule has 1 saturated carbocycles. The fourth-order valence-corrected chi connectivity index (χ4v) is 3.91. The first kappa shape index (κ1) is 21.0. The molecular weight excluding hydrogens is 367 g/mol. The van der Waals surface area contributed by atoms with Gasteiger partial charge in [0.1, 0.15) is 11.9 Å². The molecule has 1 atom stereocenters. The smallest absolute Gasteiger partial charge is 0.243 e. The first-order valence-corrected chi connectivity index (χ1v) is 10.4. The van der Waals surface area contributed by atoms with Crippen molar-refractivity contribution in [3.8, 4) is 0 Å². The summed E-state index contributed by atoms with van der Waals surface area (Å²) < 4.78 is 13.3. The second-order valence-corrected chi connectivity index (χ2v) is 7.70. The Bertz CT molecular complexity index is 801. The van der Waals surface area contributed by atoms with Crippen molar-refractivity contribution in [3.63, 3.8) is 0 Å². The van der Waals surface area contributed by atoms with E-state index in [1.165, 1.54) is 12.1 Å². The van der Waals surface area contributed by atoms with Crippen molar-refractivity contribution >= 4 is 11.8 Å². The third-order valence-corrected chi connectivity index (χ3v) is 5.54. The highest BCUT2D eigenvalue weighted by atomic mass is 19.1. The summed E-state index contributed by atoms with van der Waals surface area (Å²) in [5.41, 5.74) is 1.81. The van der Waals surface area contributed by atoms with Crippen LogP contribution in [0.3, 0.4) is 0 Å². The van der Waals surface area contributed by atoms with E-state index in [-0.39, 0.29) is 30.2 Å². The van der Waals surface area contributed by atoms with Crippen LogP contribution in [0.5, 0.6) is 0 Å². The SMILES string of the molecule is CCC(=O)N(Cc1ccc(F)cc1)C(Cc1ccccc1)C(=O)NC1CCCC1. The fourth-order valence-electron chi connectivity index (χ4n) is 3.91. The summed E-state index contributed by atoms with van der Waals surface area (Å²) in [7, 11) is 0. The Morgan fingerprint density at radius 2 is 1.69 bits per heavy atom. The molecule has 1 N–H and O–H groups in total. The van der Waals surface area contributed by atoms with Crippen LogP contribution in [0.25, 0.3) is 0 Å². The van der Waals surface area contributed by atoms with E-state index in [2.05, 4.69) is 5.32 Å². The summed E-state index contributed by atoms with van der Waals surface area (Å²) in [4.78, 5) is 27.7. The topological polar surface area (TPSA) is 49.4 Å². The lowest BCUT2D eigenvalue weighted by atomic mass is 10.0. The highest BCUT2D eigenvalue weighted by molar-refractivity contribution is 5.88. The predicted molar refractivity (Wildman–Crippen MR) is 112 cm³/mol. The molecule has 29 heavy (non-hydrogen) atoms. The lowest BCUT2D eigenvalue weighted by molar-refractivity contribution is -0.141. The highest BCUT2D eigenvalue weighted by Crippen LogP contribution is 2.20. The molecule has 2 amide bonds. The average Bonchev–Trinajstić information content (AvgIpc) is 3.25. The molecule has 0 aromatic heterocycles. The zero-order chi connectivity index (χ0) is 20.6. The van der Waals surface area contributed by atoms with Gasteiger partial charge in [-0.2, -0.15) is 0 Å². The van der Waals surface area contributed by atoms with Gasteiger partial charge in [-0.25, -0.2) is 4.39 Å². The van der Waals surface area contributed by atoms with E-state index in [4.69, 9.17) is 0 Å². The molecular formula is C24H29FN2O2. The van der Waals surface area contributed by atoms with Gasteiger partial charge in [0.2, 0.25) is 11.8 Å². The minimum atomic E-state index is -0.601. The van der Waals surface area contributed by atoms with Crippen LogP contribution in [-0.4, -0.2) is 28.8 Å². The van der Waals surface area contributed by atoms with E-state index in [0.29, 0.717) is 12.8 Å². The molecule has 0 saturated heterocycles. The minimum Gasteiger partial charge on any atom is -0.352 e. The van der Waals surface area contributed by atoms with Gasteiger partial charge < -0.3 is 10.2 Å². The van der Waals surface area contributed by atoms with E-state index in [1.54, 1.807) is 24.0 Å². The van der Waals surface area contributed by atoms with Gasteiger partial charge in [-0.1, -0.05) is 62.2 Å². The molecule has 0 radical (unpaired) electrons. The number of nitrogens with one attached hydrogen (secondary N) is 1. The van der Waals surface area contributed by atoms with Crippen LogP contribution in [0.2, 0.25) is 0 Å². The van der Waals surface area contributed by atoms with Gasteiger partial charge in [0.05, 0.1) is 0 Å². The third kappa shape index (κ3) is 5.89. The number of amides is 2. The van der Waals surface area contributed by atoms with E-state index in [1.807, 2.05) is 30.3 Å². The number of hydrogen-bond acceptors (Lipinski definition) is 2. The Balaban J connectivity index is 1.86. The maximum atomic E-state index is 13.3. The van der Waals surface area contributed by atoms with Crippen molar-refractivity contribution in [3.05, 3.63) is 71.5 Å². The average molecular weight is 397 g/mol. The summed E-state index contributed by atoms with van der Waals surface area (Å²) in [6.07, 6.45) is 4.99. The molecule has 2 aromatic rings.